The molecule has 8 nitrogen and oxygen atoms in total. The van der Waals surface area contributed by atoms with Crippen LogP contribution in [0.15, 0.2) is 65.2 Å². The monoisotopic (exact) mass is 465 g/mol. The van der Waals surface area contributed by atoms with E-state index >= 15 is 0 Å². The molecular formula is C24H23N3O5S. The third kappa shape index (κ3) is 4.73. The number of ether oxygens (including phenoxy) is 2. The van der Waals surface area contributed by atoms with Gasteiger partial charge in [0.2, 0.25) is 0 Å². The van der Waals surface area contributed by atoms with Gasteiger partial charge in [-0.2, -0.15) is 0 Å². The van der Waals surface area contributed by atoms with E-state index in [1.807, 2.05) is 41.3 Å². The van der Waals surface area contributed by atoms with Crippen LogP contribution in [-0.4, -0.2) is 47.7 Å². The van der Waals surface area contributed by atoms with E-state index in [1.165, 1.54) is 14.2 Å². The molecule has 0 saturated carbocycles. The number of hydrogen-bond acceptors (Lipinski definition) is 7. The Morgan fingerprint density at radius 1 is 1.12 bits per heavy atom. The van der Waals surface area contributed by atoms with Gasteiger partial charge in [0.1, 0.15) is 17.6 Å². The molecule has 0 bridgehead atoms. The summed E-state index contributed by atoms with van der Waals surface area (Å²) >= 11 is 5.58. The summed E-state index contributed by atoms with van der Waals surface area (Å²) in [5.41, 5.74) is 1.98. The number of thiocarbonyl (C=S) groups is 1. The summed E-state index contributed by atoms with van der Waals surface area (Å²) in [7, 11) is 2.70. The summed E-state index contributed by atoms with van der Waals surface area (Å²) < 4.78 is 15.9. The first kappa shape index (κ1) is 22.5. The van der Waals surface area contributed by atoms with Gasteiger partial charge in [-0.05, 0) is 48.6 Å². The van der Waals surface area contributed by atoms with E-state index in [9.17, 15) is 9.59 Å². The Labute approximate surface area is 196 Å². The molecule has 33 heavy (non-hydrogen) atoms. The highest BCUT2D eigenvalue weighted by molar-refractivity contribution is 7.80. The number of furan rings is 1. The molecule has 1 aliphatic rings. The maximum absolute atomic E-state index is 11.9. The number of hydrogen-bond donors (Lipinski definition) is 1. The van der Waals surface area contributed by atoms with Crippen LogP contribution in [0.1, 0.15) is 40.3 Å². The van der Waals surface area contributed by atoms with Crippen LogP contribution in [0.5, 0.6) is 0 Å². The summed E-state index contributed by atoms with van der Waals surface area (Å²) in [5.74, 6) is 0.512. The highest BCUT2D eigenvalue weighted by Gasteiger charge is 2.41. The average molecular weight is 466 g/mol. The Hall–Kier alpha value is -3.72. The predicted molar refractivity (Wildman–Crippen MR) is 124 cm³/mol. The van der Waals surface area contributed by atoms with E-state index in [2.05, 4.69) is 10.3 Å². The van der Waals surface area contributed by atoms with Gasteiger partial charge in [0.05, 0.1) is 37.9 Å². The molecule has 0 aliphatic carbocycles. The lowest BCUT2D eigenvalue weighted by Crippen LogP contribution is -2.31. The largest absolute Gasteiger partial charge is 0.469 e. The second-order valence-electron chi connectivity index (χ2n) is 7.42. The van der Waals surface area contributed by atoms with Crippen molar-refractivity contribution in [2.45, 2.75) is 18.5 Å². The van der Waals surface area contributed by atoms with Crippen LogP contribution in [-0.2, 0) is 14.3 Å². The van der Waals surface area contributed by atoms with Gasteiger partial charge in [0.15, 0.2) is 5.11 Å². The molecule has 1 aliphatic heterocycles. The van der Waals surface area contributed by atoms with Crippen molar-refractivity contribution < 1.29 is 23.5 Å². The molecule has 9 heteroatoms. The molecule has 1 N–H and O–H groups in total. The number of carbonyl (C=O) groups is 2. The van der Waals surface area contributed by atoms with E-state index in [0.717, 1.165) is 11.3 Å². The van der Waals surface area contributed by atoms with E-state index in [4.69, 9.17) is 26.1 Å². The zero-order valence-electron chi connectivity index (χ0n) is 18.2. The van der Waals surface area contributed by atoms with Crippen LogP contribution in [0.4, 0.5) is 0 Å². The summed E-state index contributed by atoms with van der Waals surface area (Å²) in [6, 6.07) is 15.8. The van der Waals surface area contributed by atoms with Gasteiger partial charge in [-0.25, -0.2) is 4.79 Å². The van der Waals surface area contributed by atoms with Crippen molar-refractivity contribution in [3.8, 4) is 11.3 Å². The molecule has 4 rings (SSSR count). The van der Waals surface area contributed by atoms with Crippen LogP contribution in [0.3, 0.4) is 0 Å². The molecule has 0 amide bonds. The lowest BCUT2D eigenvalue weighted by Gasteiger charge is -2.25. The van der Waals surface area contributed by atoms with Crippen molar-refractivity contribution in [2.75, 3.05) is 20.8 Å². The quantitative estimate of drug-likeness (QED) is 0.414. The van der Waals surface area contributed by atoms with Crippen LogP contribution < -0.4 is 5.32 Å². The molecule has 0 spiro atoms. The maximum atomic E-state index is 11.9. The normalized spacial score (nSPS) is 17.5. The van der Waals surface area contributed by atoms with Crippen molar-refractivity contribution in [1.29, 1.82) is 0 Å². The molecule has 0 unspecified atom stereocenters. The third-order valence-corrected chi connectivity index (χ3v) is 5.82. The first-order chi connectivity index (χ1) is 16.0. The van der Waals surface area contributed by atoms with Crippen LogP contribution in [0, 0.1) is 0 Å². The molecule has 1 saturated heterocycles. The Bertz CT molecular complexity index is 1160. The van der Waals surface area contributed by atoms with Gasteiger partial charge in [-0.3, -0.25) is 9.78 Å². The Kier molecular flexibility index (Phi) is 6.69. The summed E-state index contributed by atoms with van der Waals surface area (Å²) in [5, 5.41) is 3.82. The number of nitrogens with zero attached hydrogens (tertiary/aromatic N) is 2. The smallest absolute Gasteiger partial charge is 0.337 e. The molecular weight excluding hydrogens is 442 g/mol. The number of nitrogens with one attached hydrogen (secondary N) is 1. The number of rotatable bonds is 7. The van der Waals surface area contributed by atoms with Crippen molar-refractivity contribution in [3.05, 3.63) is 77.8 Å². The topological polar surface area (TPSA) is 93.9 Å². The molecule has 1 aromatic carbocycles. The number of esters is 2. The molecule has 3 aromatic rings. The van der Waals surface area contributed by atoms with Crippen molar-refractivity contribution in [2.24, 2.45) is 0 Å². The average Bonchev–Trinajstić information content (AvgIpc) is 3.47. The van der Waals surface area contributed by atoms with Crippen molar-refractivity contribution >= 4 is 29.3 Å². The number of pyridine rings is 1. The Morgan fingerprint density at radius 3 is 2.70 bits per heavy atom. The minimum atomic E-state index is -0.418. The van der Waals surface area contributed by atoms with Crippen molar-refractivity contribution in [3.63, 3.8) is 0 Å². The fraction of sp³-hybridized carbons (Fsp3) is 0.250. The number of aromatic nitrogens is 1. The van der Waals surface area contributed by atoms with E-state index < -0.39 is 5.97 Å². The molecule has 2 atom stereocenters. The fourth-order valence-electron chi connectivity index (χ4n) is 3.85. The van der Waals surface area contributed by atoms with Crippen molar-refractivity contribution in [1.82, 2.24) is 15.2 Å². The number of carbonyl (C=O) groups excluding carboxylic acids is 2. The number of methoxy groups -OCH3 is 2. The van der Waals surface area contributed by atoms with Crippen LogP contribution in [0.25, 0.3) is 11.3 Å². The fourth-order valence-corrected chi connectivity index (χ4v) is 4.19. The van der Waals surface area contributed by atoms with Gasteiger partial charge in [0, 0.05) is 18.3 Å². The summed E-state index contributed by atoms with van der Waals surface area (Å²) in [4.78, 5) is 30.1. The second-order valence-corrected chi connectivity index (χ2v) is 7.81. The van der Waals surface area contributed by atoms with Gasteiger partial charge < -0.3 is 24.1 Å². The molecule has 1 fully saturated rings. The molecule has 0 radical (unpaired) electrons. The minimum Gasteiger partial charge on any atom is -0.469 e. The Balaban J connectivity index is 1.68. The highest BCUT2D eigenvalue weighted by atomic mass is 32.1. The predicted octanol–water partition coefficient (Wildman–Crippen LogP) is 3.66. The maximum Gasteiger partial charge on any atom is 0.337 e. The van der Waals surface area contributed by atoms with Crippen LogP contribution >= 0.6 is 12.2 Å². The lowest BCUT2D eigenvalue weighted by molar-refractivity contribution is -0.140. The van der Waals surface area contributed by atoms with E-state index in [-0.39, 0.29) is 24.5 Å². The van der Waals surface area contributed by atoms with Gasteiger partial charge >= 0.3 is 11.9 Å². The third-order valence-electron chi connectivity index (χ3n) is 5.47. The zero-order chi connectivity index (χ0) is 23.4. The molecule has 2 aromatic heterocycles. The standard InChI is InChI=1S/C24H23N3O5S/c1-30-20(28)11-13-27-22(21(26-24(27)33)17-8-3-4-12-25-17)19-10-9-18(32-19)15-6-5-7-16(14-15)23(29)31-2/h3-10,12,14,21-22H,11,13H2,1-2H3,(H,26,33)/t21-,22-/m1/s1. The number of benzene rings is 1. The minimum absolute atomic E-state index is 0.179. The molecule has 170 valence electrons. The SMILES string of the molecule is COC(=O)CCN1C(=S)N[C@H](c2ccccn2)[C@H]1c1ccc(-c2cccc(C(=O)OC)c2)o1. The second kappa shape index (κ2) is 9.83. The molecule has 3 heterocycles. The van der Waals surface area contributed by atoms with Gasteiger partial charge in [-0.1, -0.05) is 18.2 Å². The zero-order valence-corrected chi connectivity index (χ0v) is 19.0. The summed E-state index contributed by atoms with van der Waals surface area (Å²) in [6.07, 6.45) is 1.90. The van der Waals surface area contributed by atoms with Gasteiger partial charge in [-0.15, -0.1) is 0 Å². The van der Waals surface area contributed by atoms with Gasteiger partial charge in [0.25, 0.3) is 0 Å². The van der Waals surface area contributed by atoms with E-state index in [1.54, 1.807) is 24.4 Å². The lowest BCUT2D eigenvalue weighted by atomic mass is 10.0. The first-order valence-corrected chi connectivity index (χ1v) is 10.8. The highest BCUT2D eigenvalue weighted by Crippen LogP contribution is 2.40. The Morgan fingerprint density at radius 2 is 1.97 bits per heavy atom. The summed E-state index contributed by atoms with van der Waals surface area (Å²) in [6.45, 7) is 0.361. The first-order valence-electron chi connectivity index (χ1n) is 10.3. The van der Waals surface area contributed by atoms with Crippen LogP contribution in [0.2, 0.25) is 0 Å². The van der Waals surface area contributed by atoms with E-state index in [0.29, 0.717) is 28.7 Å².